The molecule has 0 aliphatic carbocycles. The van der Waals surface area contributed by atoms with E-state index in [0.717, 1.165) is 27.4 Å². The molecule has 116 valence electrons. The van der Waals surface area contributed by atoms with E-state index in [1.165, 1.54) is 4.70 Å². The van der Waals surface area contributed by atoms with Crippen LogP contribution in [0.25, 0.3) is 10.2 Å². The monoisotopic (exact) mass is 333 g/mol. The first-order valence-corrected chi connectivity index (χ1v) is 8.96. The van der Waals surface area contributed by atoms with Crippen LogP contribution in [0.3, 0.4) is 0 Å². The molecule has 0 amide bonds. The Kier molecular flexibility index (Phi) is 4.35. The second-order valence-electron chi connectivity index (χ2n) is 5.50. The molecule has 22 heavy (non-hydrogen) atoms. The van der Waals surface area contributed by atoms with Crippen LogP contribution in [0.2, 0.25) is 0 Å². The molecule has 0 unspecified atom stereocenters. The van der Waals surface area contributed by atoms with E-state index in [1.54, 1.807) is 23.1 Å². The number of aromatic nitrogens is 4. The van der Waals surface area contributed by atoms with Crippen LogP contribution in [0, 0.1) is 0 Å². The Bertz CT molecular complexity index is 742. The van der Waals surface area contributed by atoms with Crippen molar-refractivity contribution in [2.45, 2.75) is 30.8 Å². The summed E-state index contributed by atoms with van der Waals surface area (Å²) in [6.45, 7) is 4.30. The first-order valence-electron chi connectivity index (χ1n) is 7.15. The topological polar surface area (TPSA) is 46.8 Å². The summed E-state index contributed by atoms with van der Waals surface area (Å²) in [5, 5.41) is 10.7. The fourth-order valence-electron chi connectivity index (χ4n) is 2.23. The lowest BCUT2D eigenvalue weighted by molar-refractivity contribution is 0.549. The van der Waals surface area contributed by atoms with Crippen LogP contribution in [0.1, 0.15) is 24.9 Å². The summed E-state index contributed by atoms with van der Waals surface area (Å²) in [4.78, 5) is 6.67. The summed E-state index contributed by atoms with van der Waals surface area (Å²) in [7, 11) is 3.98. The quantitative estimate of drug-likeness (QED) is 0.664. The maximum absolute atomic E-state index is 4.67. The van der Waals surface area contributed by atoms with Gasteiger partial charge in [0.05, 0.1) is 16.0 Å². The van der Waals surface area contributed by atoms with Gasteiger partial charge >= 0.3 is 0 Å². The number of rotatable bonds is 5. The van der Waals surface area contributed by atoms with Gasteiger partial charge in [-0.05, 0) is 26.0 Å². The molecule has 0 aliphatic heterocycles. The molecule has 0 fully saturated rings. The van der Waals surface area contributed by atoms with Crippen LogP contribution in [-0.2, 0) is 5.75 Å². The Labute approximate surface area is 138 Å². The predicted molar refractivity (Wildman–Crippen MR) is 93.9 cm³/mol. The molecule has 2 aromatic heterocycles. The molecule has 0 atom stereocenters. The highest BCUT2D eigenvalue weighted by molar-refractivity contribution is 7.98. The third-order valence-corrected chi connectivity index (χ3v) is 5.40. The van der Waals surface area contributed by atoms with Gasteiger partial charge in [-0.25, -0.2) is 4.98 Å². The van der Waals surface area contributed by atoms with Gasteiger partial charge in [-0.2, -0.15) is 0 Å². The number of anilines is 1. The van der Waals surface area contributed by atoms with E-state index in [-0.39, 0.29) is 0 Å². The van der Waals surface area contributed by atoms with Crippen molar-refractivity contribution in [3.05, 3.63) is 29.3 Å². The summed E-state index contributed by atoms with van der Waals surface area (Å²) in [6.07, 6.45) is 0. The number of thioether (sulfide) groups is 1. The molecule has 0 saturated heterocycles. The summed E-state index contributed by atoms with van der Waals surface area (Å²) < 4.78 is 3.40. The lowest BCUT2D eigenvalue weighted by atomic mass is 10.3. The summed E-state index contributed by atoms with van der Waals surface area (Å²) in [5.41, 5.74) is 1.07. The molecule has 0 radical (unpaired) electrons. The van der Waals surface area contributed by atoms with Crippen molar-refractivity contribution in [1.82, 2.24) is 19.7 Å². The Morgan fingerprint density at radius 3 is 2.68 bits per heavy atom. The number of thiazole rings is 1. The molecule has 0 aliphatic rings. The molecule has 3 rings (SSSR count). The van der Waals surface area contributed by atoms with Gasteiger partial charge in [0.25, 0.3) is 0 Å². The first kappa shape index (κ1) is 15.3. The smallest absolute Gasteiger partial charge is 0.227 e. The van der Waals surface area contributed by atoms with Gasteiger partial charge in [0.2, 0.25) is 5.95 Å². The van der Waals surface area contributed by atoms with Crippen LogP contribution >= 0.6 is 23.1 Å². The third kappa shape index (κ3) is 2.96. The zero-order chi connectivity index (χ0) is 15.7. The minimum Gasteiger partial charge on any atom is -0.347 e. The number of benzene rings is 1. The highest BCUT2D eigenvalue weighted by Gasteiger charge is 2.17. The van der Waals surface area contributed by atoms with Crippen molar-refractivity contribution in [2.75, 3.05) is 19.0 Å². The van der Waals surface area contributed by atoms with E-state index in [4.69, 9.17) is 0 Å². The molecule has 2 heterocycles. The second-order valence-corrected chi connectivity index (χ2v) is 7.56. The fourth-order valence-corrected chi connectivity index (χ4v) is 4.25. The number of hydrogen-bond acceptors (Lipinski definition) is 6. The number of para-hydroxylation sites is 1. The van der Waals surface area contributed by atoms with Crippen molar-refractivity contribution < 1.29 is 0 Å². The Morgan fingerprint density at radius 1 is 1.23 bits per heavy atom. The minimum atomic E-state index is 0.324. The zero-order valence-corrected chi connectivity index (χ0v) is 14.8. The van der Waals surface area contributed by atoms with Gasteiger partial charge in [-0.1, -0.05) is 23.9 Å². The Hall–Kier alpha value is -1.60. The maximum atomic E-state index is 4.67. The Morgan fingerprint density at radius 2 is 2.00 bits per heavy atom. The average Bonchev–Trinajstić information content (AvgIpc) is 3.08. The van der Waals surface area contributed by atoms with Gasteiger partial charge in [0.1, 0.15) is 5.01 Å². The highest BCUT2D eigenvalue weighted by Crippen LogP contribution is 2.30. The van der Waals surface area contributed by atoms with Gasteiger partial charge < -0.3 is 4.90 Å². The molecule has 0 spiro atoms. The SMILES string of the molecule is CC(C)n1c(SCc2nc3ccccc3s2)nnc1N(C)C. The standard InChI is InChI=1S/C15H19N5S2/c1-10(2)20-14(19(3)4)17-18-15(20)21-9-13-16-11-7-5-6-8-12(11)22-13/h5-8,10H,9H2,1-4H3. The maximum Gasteiger partial charge on any atom is 0.227 e. The molecular weight excluding hydrogens is 314 g/mol. The van der Waals surface area contributed by atoms with Gasteiger partial charge in [-0.3, -0.25) is 4.57 Å². The number of nitrogens with zero attached hydrogens (tertiary/aromatic N) is 5. The van der Waals surface area contributed by atoms with Crippen molar-refractivity contribution in [1.29, 1.82) is 0 Å². The molecule has 1 aromatic carbocycles. The van der Waals surface area contributed by atoms with Gasteiger partial charge in [0, 0.05) is 20.1 Å². The van der Waals surface area contributed by atoms with Crippen LogP contribution in [0.5, 0.6) is 0 Å². The molecule has 0 saturated carbocycles. The third-order valence-electron chi connectivity index (χ3n) is 3.23. The largest absolute Gasteiger partial charge is 0.347 e. The highest BCUT2D eigenvalue weighted by atomic mass is 32.2. The number of fused-ring (bicyclic) bond motifs is 1. The fraction of sp³-hybridized carbons (Fsp3) is 0.400. The molecule has 7 heteroatoms. The summed E-state index contributed by atoms with van der Waals surface area (Å²) in [6, 6.07) is 8.57. The summed E-state index contributed by atoms with van der Waals surface area (Å²) >= 11 is 3.44. The van der Waals surface area contributed by atoms with Crippen LogP contribution < -0.4 is 4.90 Å². The van der Waals surface area contributed by atoms with E-state index in [9.17, 15) is 0 Å². The van der Waals surface area contributed by atoms with Crippen molar-refractivity contribution in [3.8, 4) is 0 Å². The lowest BCUT2D eigenvalue weighted by Crippen LogP contribution is -2.17. The van der Waals surface area contributed by atoms with E-state index < -0.39 is 0 Å². The van der Waals surface area contributed by atoms with Gasteiger partial charge in [-0.15, -0.1) is 21.5 Å². The van der Waals surface area contributed by atoms with E-state index in [0.29, 0.717) is 6.04 Å². The molecular formula is C15H19N5S2. The minimum absolute atomic E-state index is 0.324. The van der Waals surface area contributed by atoms with Crippen molar-refractivity contribution in [2.24, 2.45) is 0 Å². The van der Waals surface area contributed by atoms with Crippen LogP contribution in [0.15, 0.2) is 29.4 Å². The van der Waals surface area contributed by atoms with Crippen molar-refractivity contribution in [3.63, 3.8) is 0 Å². The molecule has 5 nitrogen and oxygen atoms in total. The van der Waals surface area contributed by atoms with E-state index >= 15 is 0 Å². The Balaban J connectivity index is 1.81. The molecule has 0 bridgehead atoms. The van der Waals surface area contributed by atoms with E-state index in [2.05, 4.69) is 51.8 Å². The van der Waals surface area contributed by atoms with E-state index in [1.807, 2.05) is 25.1 Å². The average molecular weight is 333 g/mol. The summed E-state index contributed by atoms with van der Waals surface area (Å²) in [5.74, 6) is 1.71. The first-order chi connectivity index (χ1) is 10.6. The second kappa shape index (κ2) is 6.26. The zero-order valence-electron chi connectivity index (χ0n) is 13.1. The molecule has 3 aromatic rings. The molecule has 0 N–H and O–H groups in total. The lowest BCUT2D eigenvalue weighted by Gasteiger charge is -2.17. The van der Waals surface area contributed by atoms with Crippen molar-refractivity contribution >= 4 is 39.3 Å². The van der Waals surface area contributed by atoms with Gasteiger partial charge in [0.15, 0.2) is 5.16 Å². The van der Waals surface area contributed by atoms with Crippen LogP contribution in [-0.4, -0.2) is 33.8 Å². The van der Waals surface area contributed by atoms with Crippen LogP contribution in [0.4, 0.5) is 5.95 Å². The normalized spacial score (nSPS) is 11.5. The number of hydrogen-bond donors (Lipinski definition) is 0. The predicted octanol–water partition coefficient (Wildman–Crippen LogP) is 3.83.